The highest BCUT2D eigenvalue weighted by atomic mass is 35.5. The van der Waals surface area contributed by atoms with E-state index in [0.29, 0.717) is 23.7 Å². The second kappa shape index (κ2) is 6.05. The van der Waals surface area contributed by atoms with Gasteiger partial charge in [-0.2, -0.15) is 0 Å². The van der Waals surface area contributed by atoms with Gasteiger partial charge in [0.25, 0.3) is 5.69 Å². The molecule has 0 saturated carbocycles. The van der Waals surface area contributed by atoms with Gasteiger partial charge in [0.2, 0.25) is 5.91 Å². The maximum absolute atomic E-state index is 10.7. The van der Waals surface area contributed by atoms with Crippen LogP contribution in [0.4, 0.5) is 11.4 Å². The molecule has 0 aliphatic carbocycles. The Morgan fingerprint density at radius 1 is 1.53 bits per heavy atom. The lowest BCUT2D eigenvalue weighted by Crippen LogP contribution is -2.13. The summed E-state index contributed by atoms with van der Waals surface area (Å²) in [5, 5.41) is 14.0. The number of hydrogen-bond donors (Lipinski definition) is 2. The van der Waals surface area contributed by atoms with Gasteiger partial charge < -0.3 is 11.1 Å². The van der Waals surface area contributed by atoms with E-state index < -0.39 is 10.8 Å². The van der Waals surface area contributed by atoms with Crippen LogP contribution in [0.1, 0.15) is 12.8 Å². The molecule has 0 unspecified atom stereocenters. The van der Waals surface area contributed by atoms with E-state index >= 15 is 0 Å². The predicted octanol–water partition coefficient (Wildman–Crippen LogP) is 1.93. The number of anilines is 1. The van der Waals surface area contributed by atoms with Crippen LogP contribution in [-0.4, -0.2) is 17.4 Å². The highest BCUT2D eigenvalue weighted by Gasteiger charge is 2.13. The standard InChI is InChI=1S/C10H12ClN3O3/c11-7-3-4-9(14(16)17)8(6-7)13-5-1-2-10(12)15/h3-4,6,13H,1-2,5H2,(H2,12,15). The molecular formula is C10H12ClN3O3. The van der Waals surface area contributed by atoms with Crippen molar-refractivity contribution in [2.24, 2.45) is 5.73 Å². The molecule has 7 heteroatoms. The summed E-state index contributed by atoms with van der Waals surface area (Å²) in [6.45, 7) is 0.421. The van der Waals surface area contributed by atoms with Gasteiger partial charge in [0, 0.05) is 24.1 Å². The minimum atomic E-state index is -0.493. The molecule has 0 aliphatic heterocycles. The molecule has 0 fully saturated rings. The third-order valence-corrected chi connectivity index (χ3v) is 2.31. The second-order valence-electron chi connectivity index (χ2n) is 3.42. The highest BCUT2D eigenvalue weighted by molar-refractivity contribution is 6.31. The van der Waals surface area contributed by atoms with Crippen molar-refractivity contribution < 1.29 is 9.72 Å². The first kappa shape index (κ1) is 13.2. The van der Waals surface area contributed by atoms with Crippen molar-refractivity contribution in [3.8, 4) is 0 Å². The zero-order valence-electron chi connectivity index (χ0n) is 8.98. The molecule has 1 aromatic carbocycles. The third kappa shape index (κ3) is 4.28. The molecule has 0 aromatic heterocycles. The van der Waals surface area contributed by atoms with Crippen LogP contribution in [0.15, 0.2) is 18.2 Å². The van der Waals surface area contributed by atoms with Gasteiger partial charge >= 0.3 is 0 Å². The number of carbonyl (C=O) groups excluding carboxylic acids is 1. The molecule has 1 rings (SSSR count). The Kier molecular flexibility index (Phi) is 4.71. The van der Waals surface area contributed by atoms with Crippen molar-refractivity contribution in [2.75, 3.05) is 11.9 Å². The number of amides is 1. The fourth-order valence-corrected chi connectivity index (χ4v) is 1.47. The molecule has 1 aromatic rings. The first-order chi connectivity index (χ1) is 8.00. The van der Waals surface area contributed by atoms with E-state index in [0.717, 1.165) is 0 Å². The molecule has 1 amide bonds. The molecule has 92 valence electrons. The van der Waals surface area contributed by atoms with E-state index in [1.165, 1.54) is 18.2 Å². The SMILES string of the molecule is NC(=O)CCCNc1cc(Cl)ccc1[N+](=O)[O-]. The van der Waals surface area contributed by atoms with Gasteiger partial charge in [-0.1, -0.05) is 11.6 Å². The molecule has 0 spiro atoms. The maximum atomic E-state index is 10.7. The summed E-state index contributed by atoms with van der Waals surface area (Å²) < 4.78 is 0. The molecular weight excluding hydrogens is 246 g/mol. The number of primary amides is 1. The molecule has 0 atom stereocenters. The van der Waals surface area contributed by atoms with E-state index in [2.05, 4.69) is 5.32 Å². The minimum absolute atomic E-state index is 0.0477. The van der Waals surface area contributed by atoms with E-state index in [1.54, 1.807) is 0 Å². The summed E-state index contributed by atoms with van der Waals surface area (Å²) in [4.78, 5) is 20.7. The minimum Gasteiger partial charge on any atom is -0.379 e. The van der Waals surface area contributed by atoms with E-state index in [4.69, 9.17) is 17.3 Å². The summed E-state index contributed by atoms with van der Waals surface area (Å²) in [5.41, 5.74) is 5.27. The Balaban J connectivity index is 2.65. The number of rotatable bonds is 6. The Hall–Kier alpha value is -1.82. The van der Waals surface area contributed by atoms with Crippen molar-refractivity contribution in [2.45, 2.75) is 12.8 Å². The number of hydrogen-bond acceptors (Lipinski definition) is 4. The average Bonchev–Trinajstić information content (AvgIpc) is 2.23. The van der Waals surface area contributed by atoms with E-state index in [9.17, 15) is 14.9 Å². The zero-order chi connectivity index (χ0) is 12.8. The monoisotopic (exact) mass is 257 g/mol. The van der Waals surface area contributed by atoms with Gasteiger partial charge in [-0.3, -0.25) is 14.9 Å². The summed E-state index contributed by atoms with van der Waals surface area (Å²) in [5.74, 6) is -0.396. The summed E-state index contributed by atoms with van der Waals surface area (Å²) in [7, 11) is 0. The smallest absolute Gasteiger partial charge is 0.292 e. The predicted molar refractivity (Wildman–Crippen MR) is 65.0 cm³/mol. The average molecular weight is 258 g/mol. The summed E-state index contributed by atoms with van der Waals surface area (Å²) >= 11 is 5.75. The first-order valence-corrected chi connectivity index (χ1v) is 5.34. The largest absolute Gasteiger partial charge is 0.379 e. The quantitative estimate of drug-likeness (QED) is 0.462. The number of nitrogens with two attached hydrogens (primary N) is 1. The van der Waals surface area contributed by atoms with Crippen molar-refractivity contribution in [3.63, 3.8) is 0 Å². The Morgan fingerprint density at radius 2 is 2.24 bits per heavy atom. The van der Waals surface area contributed by atoms with Crippen LogP contribution in [0.25, 0.3) is 0 Å². The van der Waals surface area contributed by atoms with Gasteiger partial charge in [-0.05, 0) is 18.6 Å². The second-order valence-corrected chi connectivity index (χ2v) is 3.85. The highest BCUT2D eigenvalue weighted by Crippen LogP contribution is 2.27. The van der Waals surface area contributed by atoms with Gasteiger partial charge in [0.1, 0.15) is 5.69 Å². The number of halogens is 1. The number of nitrogens with zero attached hydrogens (tertiary/aromatic N) is 1. The Labute approximate surface area is 103 Å². The number of nitro benzene ring substituents is 1. The molecule has 17 heavy (non-hydrogen) atoms. The Morgan fingerprint density at radius 3 is 2.82 bits per heavy atom. The van der Waals surface area contributed by atoms with Crippen LogP contribution in [0.2, 0.25) is 5.02 Å². The van der Waals surface area contributed by atoms with Crippen molar-refractivity contribution >= 4 is 28.9 Å². The first-order valence-electron chi connectivity index (χ1n) is 4.97. The number of benzene rings is 1. The lowest BCUT2D eigenvalue weighted by Gasteiger charge is -2.06. The molecule has 0 heterocycles. The normalized spacial score (nSPS) is 9.94. The summed E-state index contributed by atoms with van der Waals surface area (Å²) in [6.07, 6.45) is 0.750. The lowest BCUT2D eigenvalue weighted by molar-refractivity contribution is -0.384. The van der Waals surface area contributed by atoms with Gasteiger partial charge in [-0.25, -0.2) is 0 Å². The van der Waals surface area contributed by atoms with Crippen LogP contribution in [0, 0.1) is 10.1 Å². The third-order valence-electron chi connectivity index (χ3n) is 2.07. The topological polar surface area (TPSA) is 98.3 Å². The fraction of sp³-hybridized carbons (Fsp3) is 0.300. The lowest BCUT2D eigenvalue weighted by atomic mass is 10.2. The summed E-state index contributed by atoms with van der Waals surface area (Å²) in [6, 6.07) is 4.26. The van der Waals surface area contributed by atoms with E-state index in [-0.39, 0.29) is 12.1 Å². The molecule has 0 radical (unpaired) electrons. The van der Waals surface area contributed by atoms with Gasteiger partial charge in [-0.15, -0.1) is 0 Å². The van der Waals surface area contributed by atoms with Crippen molar-refractivity contribution in [3.05, 3.63) is 33.3 Å². The van der Waals surface area contributed by atoms with Crippen LogP contribution in [-0.2, 0) is 4.79 Å². The van der Waals surface area contributed by atoms with Gasteiger partial charge in [0.15, 0.2) is 0 Å². The van der Waals surface area contributed by atoms with Crippen molar-refractivity contribution in [1.82, 2.24) is 0 Å². The number of carbonyl (C=O) groups is 1. The molecule has 0 aliphatic rings. The van der Waals surface area contributed by atoms with Crippen LogP contribution in [0.5, 0.6) is 0 Å². The molecule has 3 N–H and O–H groups in total. The van der Waals surface area contributed by atoms with Gasteiger partial charge in [0.05, 0.1) is 4.92 Å². The fourth-order valence-electron chi connectivity index (χ4n) is 1.29. The number of nitrogens with one attached hydrogen (secondary N) is 1. The maximum Gasteiger partial charge on any atom is 0.292 e. The van der Waals surface area contributed by atoms with Crippen LogP contribution >= 0.6 is 11.6 Å². The van der Waals surface area contributed by atoms with Crippen LogP contribution in [0.3, 0.4) is 0 Å². The Bertz CT molecular complexity index is 437. The number of nitro groups is 1. The molecule has 0 saturated heterocycles. The zero-order valence-corrected chi connectivity index (χ0v) is 9.74. The molecule has 6 nitrogen and oxygen atoms in total. The van der Waals surface area contributed by atoms with Crippen LogP contribution < -0.4 is 11.1 Å². The van der Waals surface area contributed by atoms with E-state index in [1.807, 2.05) is 0 Å². The molecule has 0 bridgehead atoms. The van der Waals surface area contributed by atoms with Crippen molar-refractivity contribution in [1.29, 1.82) is 0 Å².